The first-order chi connectivity index (χ1) is 18.5. The van der Waals surface area contributed by atoms with Gasteiger partial charge in [0.05, 0.1) is 18.4 Å². The fourth-order valence-electron chi connectivity index (χ4n) is 5.13. The Hall–Kier alpha value is -2.51. The van der Waals surface area contributed by atoms with Gasteiger partial charge in [-0.2, -0.15) is 4.31 Å². The van der Waals surface area contributed by atoms with Crippen molar-refractivity contribution >= 4 is 21.7 Å². The molecule has 216 valence electrons. The molecular formula is C27H42N6O5S. The average Bonchev–Trinajstić information content (AvgIpc) is 3.41. The van der Waals surface area contributed by atoms with Crippen molar-refractivity contribution in [2.24, 2.45) is 0 Å². The molecule has 0 amide bonds. The summed E-state index contributed by atoms with van der Waals surface area (Å²) in [5.74, 6) is 2.75. The SMILES string of the molecule is CCS(=O)(=O)N1CCN(c2nc(-c3cccc(OCC(O)CNC)c3)nc(N[C@@H]3CCOC3)c2C)CC1(C)C. The number of nitrogens with zero attached hydrogens (tertiary/aromatic N) is 4. The fraction of sp³-hybridized carbons (Fsp3) is 0.630. The highest BCUT2D eigenvalue weighted by atomic mass is 32.2. The monoisotopic (exact) mass is 562 g/mol. The maximum Gasteiger partial charge on any atom is 0.214 e. The number of aliphatic hydroxyl groups is 1. The summed E-state index contributed by atoms with van der Waals surface area (Å²) in [5.41, 5.74) is 1.10. The van der Waals surface area contributed by atoms with Crippen LogP contribution in [0, 0.1) is 6.92 Å². The van der Waals surface area contributed by atoms with Gasteiger partial charge >= 0.3 is 0 Å². The van der Waals surface area contributed by atoms with Gasteiger partial charge in [-0.25, -0.2) is 18.4 Å². The second-order valence-electron chi connectivity index (χ2n) is 10.8. The molecule has 2 aromatic rings. The molecular weight excluding hydrogens is 520 g/mol. The summed E-state index contributed by atoms with van der Waals surface area (Å²) in [6, 6.07) is 7.69. The highest BCUT2D eigenvalue weighted by molar-refractivity contribution is 7.89. The summed E-state index contributed by atoms with van der Waals surface area (Å²) in [6.45, 7) is 11.0. The number of ether oxygens (including phenoxy) is 2. The minimum atomic E-state index is -3.33. The normalized spacial score (nSPS) is 20.7. The summed E-state index contributed by atoms with van der Waals surface area (Å²) in [7, 11) is -1.55. The molecule has 0 spiro atoms. The number of rotatable bonds is 11. The zero-order chi connectivity index (χ0) is 28.2. The van der Waals surface area contributed by atoms with E-state index in [-0.39, 0.29) is 18.4 Å². The van der Waals surface area contributed by atoms with E-state index in [1.165, 1.54) is 0 Å². The van der Waals surface area contributed by atoms with E-state index in [0.29, 0.717) is 51.0 Å². The summed E-state index contributed by atoms with van der Waals surface area (Å²) in [6.07, 6.45) is 0.274. The molecule has 2 aliphatic heterocycles. The number of sulfonamides is 1. The summed E-state index contributed by atoms with van der Waals surface area (Å²) in [4.78, 5) is 12.1. The number of aliphatic hydroxyl groups excluding tert-OH is 1. The largest absolute Gasteiger partial charge is 0.491 e. The number of likely N-dealkylation sites (N-methyl/N-ethyl adjacent to an activating group) is 1. The molecule has 4 rings (SSSR count). The van der Waals surface area contributed by atoms with Crippen molar-refractivity contribution in [1.82, 2.24) is 19.6 Å². The van der Waals surface area contributed by atoms with Crippen LogP contribution in [0.25, 0.3) is 11.4 Å². The standard InChI is InChI=1S/C27H42N6O5S/c1-6-39(35,36)33-12-11-32(18-27(33,3)4)26-19(2)24(29-21-10-13-37-16-21)30-25(31-26)20-8-7-9-23(14-20)38-17-22(34)15-28-5/h7-9,14,21-22,28,34H,6,10-13,15-18H2,1-5H3,(H,29,30,31)/t21-,22?/m1/s1. The van der Waals surface area contributed by atoms with Gasteiger partial charge in [0.15, 0.2) is 5.82 Å². The number of aromatic nitrogens is 2. The smallest absolute Gasteiger partial charge is 0.214 e. The molecule has 39 heavy (non-hydrogen) atoms. The molecule has 3 N–H and O–H groups in total. The maximum absolute atomic E-state index is 12.8. The Morgan fingerprint density at radius 2 is 2.08 bits per heavy atom. The lowest BCUT2D eigenvalue weighted by Crippen LogP contribution is -2.61. The van der Waals surface area contributed by atoms with Gasteiger partial charge in [-0.15, -0.1) is 0 Å². The van der Waals surface area contributed by atoms with Crippen LogP contribution in [-0.4, -0.2) is 104 Å². The Kier molecular flexibility index (Phi) is 9.33. The highest BCUT2D eigenvalue weighted by Gasteiger charge is 2.41. The first kappa shape index (κ1) is 29.5. The Morgan fingerprint density at radius 3 is 2.74 bits per heavy atom. The van der Waals surface area contributed by atoms with Gasteiger partial charge in [-0.05, 0) is 53.3 Å². The first-order valence-corrected chi connectivity index (χ1v) is 15.2. The first-order valence-electron chi connectivity index (χ1n) is 13.6. The van der Waals surface area contributed by atoms with Crippen molar-refractivity contribution in [3.05, 3.63) is 29.8 Å². The van der Waals surface area contributed by atoms with Gasteiger partial charge in [0.25, 0.3) is 0 Å². The lowest BCUT2D eigenvalue weighted by atomic mass is 10.0. The van der Waals surface area contributed by atoms with Gasteiger partial charge < -0.3 is 30.1 Å². The summed E-state index contributed by atoms with van der Waals surface area (Å²) >= 11 is 0. The van der Waals surface area contributed by atoms with Crippen molar-refractivity contribution < 1.29 is 23.0 Å². The molecule has 2 saturated heterocycles. The number of piperazine rings is 1. The van der Waals surface area contributed by atoms with E-state index < -0.39 is 21.7 Å². The average molecular weight is 563 g/mol. The van der Waals surface area contributed by atoms with E-state index in [9.17, 15) is 13.5 Å². The number of hydrogen-bond acceptors (Lipinski definition) is 10. The summed E-state index contributed by atoms with van der Waals surface area (Å²) < 4.78 is 38.5. The minimum Gasteiger partial charge on any atom is -0.491 e. The van der Waals surface area contributed by atoms with Crippen molar-refractivity contribution in [2.45, 2.75) is 51.8 Å². The molecule has 1 aromatic carbocycles. The molecule has 1 aromatic heterocycles. The molecule has 0 aliphatic carbocycles. The van der Waals surface area contributed by atoms with Gasteiger partial charge in [-0.3, -0.25) is 0 Å². The van der Waals surface area contributed by atoms with E-state index in [4.69, 9.17) is 19.4 Å². The van der Waals surface area contributed by atoms with Crippen LogP contribution in [0.5, 0.6) is 5.75 Å². The molecule has 2 fully saturated rings. The molecule has 1 unspecified atom stereocenters. The van der Waals surface area contributed by atoms with Crippen LogP contribution in [0.3, 0.4) is 0 Å². The van der Waals surface area contributed by atoms with E-state index in [0.717, 1.165) is 29.2 Å². The zero-order valence-electron chi connectivity index (χ0n) is 23.6. The Labute approximate surface area is 232 Å². The number of benzene rings is 1. The summed E-state index contributed by atoms with van der Waals surface area (Å²) in [5, 5.41) is 16.5. The van der Waals surface area contributed by atoms with E-state index in [2.05, 4.69) is 15.5 Å². The van der Waals surface area contributed by atoms with Crippen molar-refractivity contribution in [3.63, 3.8) is 0 Å². The van der Waals surface area contributed by atoms with Crippen LogP contribution in [0.1, 0.15) is 32.8 Å². The Balaban J connectivity index is 1.67. The zero-order valence-corrected chi connectivity index (χ0v) is 24.4. The van der Waals surface area contributed by atoms with Gasteiger partial charge in [0, 0.05) is 49.5 Å². The minimum absolute atomic E-state index is 0.0784. The third-order valence-electron chi connectivity index (χ3n) is 7.19. The molecule has 3 heterocycles. The van der Waals surface area contributed by atoms with Crippen LogP contribution in [-0.2, 0) is 14.8 Å². The van der Waals surface area contributed by atoms with E-state index in [1.807, 2.05) is 45.0 Å². The third kappa shape index (κ3) is 6.98. The molecule has 0 radical (unpaired) electrons. The van der Waals surface area contributed by atoms with Gasteiger partial charge in [-0.1, -0.05) is 12.1 Å². The molecule has 2 atom stereocenters. The predicted octanol–water partition coefficient (Wildman–Crippen LogP) is 1.86. The Morgan fingerprint density at radius 1 is 1.28 bits per heavy atom. The van der Waals surface area contributed by atoms with E-state index in [1.54, 1.807) is 18.3 Å². The molecule has 0 saturated carbocycles. The topological polar surface area (TPSA) is 129 Å². The van der Waals surface area contributed by atoms with Gasteiger partial charge in [0.2, 0.25) is 10.0 Å². The van der Waals surface area contributed by atoms with Gasteiger partial charge in [0.1, 0.15) is 30.1 Å². The van der Waals surface area contributed by atoms with Crippen LogP contribution in [0.15, 0.2) is 24.3 Å². The van der Waals surface area contributed by atoms with Crippen LogP contribution >= 0.6 is 0 Å². The van der Waals surface area contributed by atoms with Crippen LogP contribution in [0.4, 0.5) is 11.6 Å². The third-order valence-corrected chi connectivity index (χ3v) is 9.27. The Bertz CT molecular complexity index is 1240. The second kappa shape index (κ2) is 12.3. The molecule has 0 bridgehead atoms. The van der Waals surface area contributed by atoms with Crippen LogP contribution in [0.2, 0.25) is 0 Å². The molecule has 2 aliphatic rings. The fourth-order valence-corrected chi connectivity index (χ4v) is 6.61. The number of hydrogen-bond donors (Lipinski definition) is 3. The van der Waals surface area contributed by atoms with Crippen molar-refractivity contribution in [1.29, 1.82) is 0 Å². The van der Waals surface area contributed by atoms with E-state index >= 15 is 0 Å². The maximum atomic E-state index is 12.8. The quantitative estimate of drug-likeness (QED) is 0.373. The lowest BCUT2D eigenvalue weighted by molar-refractivity contribution is 0.108. The highest BCUT2D eigenvalue weighted by Crippen LogP contribution is 2.34. The number of nitrogens with one attached hydrogen (secondary N) is 2. The van der Waals surface area contributed by atoms with Crippen LogP contribution < -0.4 is 20.3 Å². The molecule has 11 nitrogen and oxygen atoms in total. The number of anilines is 2. The van der Waals surface area contributed by atoms with Crippen molar-refractivity contribution in [2.75, 3.05) is 69.0 Å². The molecule has 12 heteroatoms. The lowest BCUT2D eigenvalue weighted by Gasteiger charge is -2.46. The second-order valence-corrected chi connectivity index (χ2v) is 13.0. The van der Waals surface area contributed by atoms with Crippen molar-refractivity contribution in [3.8, 4) is 17.1 Å². The predicted molar refractivity (Wildman–Crippen MR) is 153 cm³/mol.